The van der Waals surface area contributed by atoms with Crippen molar-refractivity contribution < 1.29 is 4.74 Å². The van der Waals surface area contributed by atoms with Crippen LogP contribution in [0.3, 0.4) is 0 Å². The molecule has 1 aliphatic heterocycles. The minimum absolute atomic E-state index is 0.351. The summed E-state index contributed by atoms with van der Waals surface area (Å²) in [4.78, 5) is 0. The number of rotatable bonds is 5. The molecule has 21 heavy (non-hydrogen) atoms. The second-order valence-electron chi connectivity index (χ2n) is 5.48. The monoisotopic (exact) mass is 365 g/mol. The molecule has 1 unspecified atom stereocenters. The Hall–Kier alpha value is -0.840. The van der Waals surface area contributed by atoms with E-state index >= 15 is 0 Å². The van der Waals surface area contributed by atoms with Crippen molar-refractivity contribution in [3.8, 4) is 5.75 Å². The third-order valence-electron chi connectivity index (χ3n) is 3.97. The molecule has 1 aliphatic rings. The van der Waals surface area contributed by atoms with Crippen molar-refractivity contribution in [1.29, 1.82) is 0 Å². The maximum atomic E-state index is 5.87. The van der Waals surface area contributed by atoms with Gasteiger partial charge in [0.2, 0.25) is 0 Å². The van der Waals surface area contributed by atoms with Gasteiger partial charge in [-0.25, -0.2) is 0 Å². The van der Waals surface area contributed by atoms with Crippen molar-refractivity contribution in [2.45, 2.75) is 32.7 Å². The number of thiophene rings is 1. The number of likely N-dealkylation sites (N-methyl/N-ethyl adjacent to an activating group) is 1. The van der Waals surface area contributed by atoms with Crippen molar-refractivity contribution >= 4 is 27.3 Å². The van der Waals surface area contributed by atoms with Gasteiger partial charge in [-0.3, -0.25) is 0 Å². The van der Waals surface area contributed by atoms with Gasteiger partial charge in [0.25, 0.3) is 0 Å². The van der Waals surface area contributed by atoms with Gasteiger partial charge in [0, 0.05) is 16.9 Å². The predicted octanol–water partition coefficient (Wildman–Crippen LogP) is 4.65. The average molecular weight is 366 g/mol. The van der Waals surface area contributed by atoms with Gasteiger partial charge in [0.15, 0.2) is 0 Å². The molecule has 0 saturated heterocycles. The molecule has 0 amide bonds. The van der Waals surface area contributed by atoms with Crippen LogP contribution in [0, 0.1) is 6.92 Å². The van der Waals surface area contributed by atoms with E-state index < -0.39 is 0 Å². The number of hydrogen-bond donors (Lipinski definition) is 1. The molecule has 0 radical (unpaired) electrons. The molecular formula is C17H20BrNOS. The molecule has 1 atom stereocenters. The first-order chi connectivity index (χ1) is 10.2. The van der Waals surface area contributed by atoms with Crippen LogP contribution in [0.1, 0.15) is 35.2 Å². The van der Waals surface area contributed by atoms with Crippen molar-refractivity contribution in [2.24, 2.45) is 0 Å². The van der Waals surface area contributed by atoms with Crippen LogP contribution in [0.5, 0.6) is 5.75 Å². The van der Waals surface area contributed by atoms with Crippen LogP contribution < -0.4 is 10.1 Å². The van der Waals surface area contributed by atoms with Crippen LogP contribution in [0.15, 0.2) is 27.4 Å². The second-order valence-corrected chi connectivity index (χ2v) is 7.14. The van der Waals surface area contributed by atoms with Crippen LogP contribution in [0.25, 0.3) is 0 Å². The van der Waals surface area contributed by atoms with Gasteiger partial charge in [-0.1, -0.05) is 22.9 Å². The fourth-order valence-corrected chi connectivity index (χ4v) is 4.44. The first kappa shape index (κ1) is 15.1. The molecule has 1 aromatic heterocycles. The Labute approximate surface area is 138 Å². The van der Waals surface area contributed by atoms with E-state index in [0.29, 0.717) is 6.04 Å². The number of ether oxygens (including phenoxy) is 1. The van der Waals surface area contributed by atoms with Crippen molar-refractivity contribution in [2.75, 3.05) is 13.2 Å². The molecule has 1 aromatic carbocycles. The Morgan fingerprint density at radius 3 is 2.95 bits per heavy atom. The Kier molecular flexibility index (Phi) is 4.67. The number of aryl methyl sites for hydroxylation is 1. The zero-order valence-corrected chi connectivity index (χ0v) is 14.8. The van der Waals surface area contributed by atoms with E-state index in [0.717, 1.165) is 36.2 Å². The number of nitrogens with one attached hydrogen (secondary N) is 1. The number of hydrogen-bond acceptors (Lipinski definition) is 3. The summed E-state index contributed by atoms with van der Waals surface area (Å²) in [5.74, 6) is 1.11. The molecule has 0 bridgehead atoms. The summed E-state index contributed by atoms with van der Waals surface area (Å²) < 4.78 is 7.02. The SMILES string of the molecule is CCNC(Cc1cc(Br)cc2c1OCC2)c1cscc1C. The van der Waals surface area contributed by atoms with E-state index in [1.165, 1.54) is 22.3 Å². The lowest BCUT2D eigenvalue weighted by atomic mass is 9.96. The van der Waals surface area contributed by atoms with E-state index in [1.54, 1.807) is 11.3 Å². The zero-order valence-electron chi connectivity index (χ0n) is 12.4. The molecule has 4 heteroatoms. The maximum Gasteiger partial charge on any atom is 0.125 e. The Bertz CT molecular complexity index is 638. The molecule has 0 aliphatic carbocycles. The Balaban J connectivity index is 1.92. The van der Waals surface area contributed by atoms with Crippen molar-refractivity contribution in [3.63, 3.8) is 0 Å². The fourth-order valence-electron chi connectivity index (χ4n) is 2.98. The molecular weight excluding hydrogens is 346 g/mol. The van der Waals surface area contributed by atoms with Gasteiger partial charge >= 0.3 is 0 Å². The van der Waals surface area contributed by atoms with Gasteiger partial charge in [-0.15, -0.1) is 0 Å². The highest BCUT2D eigenvalue weighted by Gasteiger charge is 2.21. The van der Waals surface area contributed by atoms with Crippen LogP contribution in [-0.2, 0) is 12.8 Å². The zero-order chi connectivity index (χ0) is 14.8. The summed E-state index contributed by atoms with van der Waals surface area (Å²) in [7, 11) is 0. The van der Waals surface area contributed by atoms with Crippen molar-refractivity contribution in [1.82, 2.24) is 5.32 Å². The average Bonchev–Trinajstić information content (AvgIpc) is 3.06. The summed E-state index contributed by atoms with van der Waals surface area (Å²) in [6.07, 6.45) is 1.98. The van der Waals surface area contributed by atoms with Gasteiger partial charge in [0.1, 0.15) is 5.75 Å². The maximum absolute atomic E-state index is 5.87. The van der Waals surface area contributed by atoms with E-state index in [4.69, 9.17) is 4.74 Å². The molecule has 112 valence electrons. The number of fused-ring (bicyclic) bond motifs is 1. The van der Waals surface area contributed by atoms with Gasteiger partial charge < -0.3 is 10.1 Å². The van der Waals surface area contributed by atoms with Crippen LogP contribution in [-0.4, -0.2) is 13.2 Å². The minimum atomic E-state index is 0.351. The second kappa shape index (κ2) is 6.51. The Morgan fingerprint density at radius 1 is 1.38 bits per heavy atom. The van der Waals surface area contributed by atoms with Crippen LogP contribution in [0.4, 0.5) is 0 Å². The van der Waals surface area contributed by atoms with Gasteiger partial charge in [0.05, 0.1) is 6.61 Å². The lowest BCUT2D eigenvalue weighted by Gasteiger charge is -2.20. The fraction of sp³-hybridized carbons (Fsp3) is 0.412. The highest BCUT2D eigenvalue weighted by Crippen LogP contribution is 2.36. The van der Waals surface area contributed by atoms with Crippen LogP contribution >= 0.6 is 27.3 Å². The summed E-state index contributed by atoms with van der Waals surface area (Å²) in [5, 5.41) is 8.11. The standard InChI is InChI=1S/C17H20BrNOS/c1-3-19-16(15-10-21-9-11(15)2)8-13-7-14(18)6-12-4-5-20-17(12)13/h6-7,9-10,16,19H,3-5,8H2,1-2H3. The van der Waals surface area contributed by atoms with E-state index in [2.05, 4.69) is 58.0 Å². The topological polar surface area (TPSA) is 21.3 Å². The summed E-state index contributed by atoms with van der Waals surface area (Å²) in [5.41, 5.74) is 5.41. The van der Waals surface area contributed by atoms with E-state index in [1.807, 2.05) is 0 Å². The van der Waals surface area contributed by atoms with Crippen LogP contribution in [0.2, 0.25) is 0 Å². The molecule has 1 N–H and O–H groups in total. The van der Waals surface area contributed by atoms with Gasteiger partial charge in [-0.2, -0.15) is 11.3 Å². The molecule has 2 aromatic rings. The largest absolute Gasteiger partial charge is 0.493 e. The third-order valence-corrected chi connectivity index (χ3v) is 5.31. The summed E-state index contributed by atoms with van der Waals surface area (Å²) >= 11 is 5.41. The smallest absolute Gasteiger partial charge is 0.125 e. The summed E-state index contributed by atoms with van der Waals surface area (Å²) in [6.45, 7) is 6.13. The van der Waals surface area contributed by atoms with Crippen molar-refractivity contribution in [3.05, 3.63) is 49.6 Å². The number of benzene rings is 1. The first-order valence-corrected chi connectivity index (χ1v) is 9.12. The molecule has 0 saturated carbocycles. The van der Waals surface area contributed by atoms with E-state index in [-0.39, 0.29) is 0 Å². The summed E-state index contributed by atoms with van der Waals surface area (Å²) in [6, 6.07) is 4.74. The molecule has 0 spiro atoms. The lowest BCUT2D eigenvalue weighted by Crippen LogP contribution is -2.23. The first-order valence-electron chi connectivity index (χ1n) is 7.39. The normalized spacial score (nSPS) is 14.8. The highest BCUT2D eigenvalue weighted by molar-refractivity contribution is 9.10. The molecule has 2 nitrogen and oxygen atoms in total. The lowest BCUT2D eigenvalue weighted by molar-refractivity contribution is 0.351. The van der Waals surface area contributed by atoms with E-state index in [9.17, 15) is 0 Å². The molecule has 2 heterocycles. The van der Waals surface area contributed by atoms with Gasteiger partial charge in [-0.05, 0) is 65.0 Å². The quantitative estimate of drug-likeness (QED) is 0.832. The molecule has 0 fully saturated rings. The number of halogens is 1. The predicted molar refractivity (Wildman–Crippen MR) is 92.5 cm³/mol. The molecule has 3 rings (SSSR count). The highest BCUT2D eigenvalue weighted by atomic mass is 79.9. The minimum Gasteiger partial charge on any atom is -0.493 e. The third kappa shape index (κ3) is 3.17. The Morgan fingerprint density at radius 2 is 2.24 bits per heavy atom.